The molecule has 0 spiro atoms. The Morgan fingerprint density at radius 3 is 2.48 bits per heavy atom. The first-order chi connectivity index (χ1) is 10.2. The molecule has 114 valence electrons. The summed E-state index contributed by atoms with van der Waals surface area (Å²) in [6.45, 7) is 0. The third kappa shape index (κ3) is 8.48. The predicted octanol–water partition coefficient (Wildman–Crippen LogP) is 1.38. The lowest BCUT2D eigenvalue weighted by Crippen LogP contribution is -2.18. The number of carbonyl (C=O) groups is 2. The highest BCUT2D eigenvalue weighted by molar-refractivity contribution is 5.80. The van der Waals surface area contributed by atoms with Crippen molar-refractivity contribution in [3.8, 4) is 0 Å². The second-order valence-corrected chi connectivity index (χ2v) is 4.50. The summed E-state index contributed by atoms with van der Waals surface area (Å²) in [6, 6.07) is 5.44. The third-order valence-corrected chi connectivity index (χ3v) is 2.76. The summed E-state index contributed by atoms with van der Waals surface area (Å²) in [5.74, 6) is -0.521. The van der Waals surface area contributed by atoms with E-state index in [-0.39, 0.29) is 11.8 Å². The van der Waals surface area contributed by atoms with Gasteiger partial charge in [-0.2, -0.15) is 5.10 Å². The van der Waals surface area contributed by atoms with Crippen molar-refractivity contribution < 1.29 is 14.8 Å². The number of hydrazone groups is 1. The van der Waals surface area contributed by atoms with Crippen LogP contribution < -0.4 is 10.9 Å². The average molecular weight is 292 g/mol. The van der Waals surface area contributed by atoms with Crippen molar-refractivity contribution in [1.29, 1.82) is 0 Å². The second kappa shape index (κ2) is 10.5. The lowest BCUT2D eigenvalue weighted by molar-refractivity contribution is -0.129. The smallest absolute Gasteiger partial charge is 0.243 e. The minimum absolute atomic E-state index is 0.143. The Hall–Kier alpha value is -2.28. The van der Waals surface area contributed by atoms with Gasteiger partial charge in [0.05, 0.1) is 11.9 Å². The van der Waals surface area contributed by atoms with Crippen molar-refractivity contribution in [3.63, 3.8) is 0 Å². The normalized spacial score (nSPS) is 10.5. The van der Waals surface area contributed by atoms with Gasteiger partial charge in [0.25, 0.3) is 0 Å². The maximum absolute atomic E-state index is 11.5. The fourth-order valence-electron chi connectivity index (χ4n) is 1.66. The number of nitrogens with zero attached hydrogens (tertiary/aromatic N) is 2. The lowest BCUT2D eigenvalue weighted by atomic mass is 10.1. The highest BCUT2D eigenvalue weighted by atomic mass is 16.5. The molecule has 1 aromatic heterocycles. The van der Waals surface area contributed by atoms with Gasteiger partial charge < -0.3 is 0 Å². The number of rotatable bonds is 9. The largest absolute Gasteiger partial charge is 0.289 e. The van der Waals surface area contributed by atoms with Gasteiger partial charge in [0.15, 0.2) is 0 Å². The van der Waals surface area contributed by atoms with Crippen LogP contribution in [-0.4, -0.2) is 28.2 Å². The maximum Gasteiger partial charge on any atom is 0.243 e. The van der Waals surface area contributed by atoms with Crippen LogP contribution in [0.25, 0.3) is 0 Å². The van der Waals surface area contributed by atoms with Crippen LogP contribution in [0.5, 0.6) is 0 Å². The van der Waals surface area contributed by atoms with E-state index in [0.717, 1.165) is 19.3 Å². The molecule has 2 amide bonds. The zero-order valence-electron chi connectivity index (χ0n) is 11.8. The quantitative estimate of drug-likeness (QED) is 0.277. The first-order valence-corrected chi connectivity index (χ1v) is 6.88. The monoisotopic (exact) mass is 292 g/mol. The Morgan fingerprint density at radius 1 is 1.14 bits per heavy atom. The molecule has 1 heterocycles. The van der Waals surface area contributed by atoms with E-state index < -0.39 is 0 Å². The fourth-order valence-corrected chi connectivity index (χ4v) is 1.66. The number of hydroxylamine groups is 1. The van der Waals surface area contributed by atoms with Gasteiger partial charge in [-0.25, -0.2) is 10.9 Å². The van der Waals surface area contributed by atoms with Gasteiger partial charge in [-0.1, -0.05) is 18.9 Å². The minimum atomic E-state index is -0.378. The van der Waals surface area contributed by atoms with Crippen molar-refractivity contribution in [2.75, 3.05) is 0 Å². The molecule has 7 heteroatoms. The zero-order valence-corrected chi connectivity index (χ0v) is 11.8. The first kappa shape index (κ1) is 16.8. The number of hydrogen-bond donors (Lipinski definition) is 3. The van der Waals surface area contributed by atoms with Crippen molar-refractivity contribution in [2.45, 2.75) is 38.5 Å². The Morgan fingerprint density at radius 2 is 1.86 bits per heavy atom. The first-order valence-electron chi connectivity index (χ1n) is 6.88. The van der Waals surface area contributed by atoms with E-state index in [4.69, 9.17) is 5.21 Å². The summed E-state index contributed by atoms with van der Waals surface area (Å²) in [5.41, 5.74) is 4.71. The molecule has 0 saturated carbocycles. The highest BCUT2D eigenvalue weighted by Gasteiger charge is 2.01. The van der Waals surface area contributed by atoms with E-state index in [9.17, 15) is 9.59 Å². The van der Waals surface area contributed by atoms with Gasteiger partial charge in [-0.3, -0.25) is 19.8 Å². The minimum Gasteiger partial charge on any atom is -0.289 e. The van der Waals surface area contributed by atoms with E-state index in [1.54, 1.807) is 23.8 Å². The molecule has 21 heavy (non-hydrogen) atoms. The van der Waals surface area contributed by atoms with E-state index in [1.807, 2.05) is 6.07 Å². The molecule has 0 aliphatic heterocycles. The summed E-state index contributed by atoms with van der Waals surface area (Å²) in [4.78, 5) is 26.3. The average Bonchev–Trinajstić information content (AvgIpc) is 2.51. The Kier molecular flexibility index (Phi) is 8.39. The van der Waals surface area contributed by atoms with E-state index >= 15 is 0 Å². The highest BCUT2D eigenvalue weighted by Crippen LogP contribution is 2.05. The number of aromatic nitrogens is 1. The molecule has 0 atom stereocenters. The van der Waals surface area contributed by atoms with Crippen LogP contribution in [0.15, 0.2) is 29.5 Å². The van der Waals surface area contributed by atoms with Gasteiger partial charge in [0, 0.05) is 19.0 Å². The zero-order chi connectivity index (χ0) is 15.3. The summed E-state index contributed by atoms with van der Waals surface area (Å²) in [7, 11) is 0. The van der Waals surface area contributed by atoms with Crippen molar-refractivity contribution in [1.82, 2.24) is 15.9 Å². The number of nitrogens with one attached hydrogen (secondary N) is 2. The standard InChI is InChI=1S/C14H20N4O3/c19-13(8-3-1-2-4-9-14(20)18-21)17-16-11-12-7-5-6-10-15-12/h5-7,10-11,21H,1-4,8-9H2,(H,17,19)(H,18,20)/b16-11+. The summed E-state index contributed by atoms with van der Waals surface area (Å²) < 4.78 is 0. The predicted molar refractivity (Wildman–Crippen MR) is 77.6 cm³/mol. The number of amides is 2. The molecule has 7 nitrogen and oxygen atoms in total. The van der Waals surface area contributed by atoms with Crippen LogP contribution in [0.3, 0.4) is 0 Å². The summed E-state index contributed by atoms with van der Waals surface area (Å²) in [6.07, 6.45) is 6.99. The second-order valence-electron chi connectivity index (χ2n) is 4.50. The van der Waals surface area contributed by atoms with Gasteiger partial charge in [-0.05, 0) is 25.0 Å². The van der Waals surface area contributed by atoms with Crippen LogP contribution in [0.2, 0.25) is 0 Å². The van der Waals surface area contributed by atoms with Gasteiger partial charge in [0.1, 0.15) is 0 Å². The molecule has 0 bridgehead atoms. The number of pyridine rings is 1. The molecule has 0 fully saturated rings. The van der Waals surface area contributed by atoms with E-state index in [1.165, 1.54) is 6.21 Å². The molecule has 0 saturated heterocycles. The van der Waals surface area contributed by atoms with Gasteiger partial charge in [0.2, 0.25) is 11.8 Å². The van der Waals surface area contributed by atoms with E-state index in [0.29, 0.717) is 25.0 Å². The maximum atomic E-state index is 11.5. The molecule has 1 rings (SSSR count). The molecule has 0 aromatic carbocycles. The van der Waals surface area contributed by atoms with Crippen LogP contribution in [0, 0.1) is 0 Å². The lowest BCUT2D eigenvalue weighted by Gasteiger charge is -2.01. The molecule has 3 N–H and O–H groups in total. The van der Waals surface area contributed by atoms with Gasteiger partial charge in [-0.15, -0.1) is 0 Å². The number of carbonyl (C=O) groups excluding carboxylic acids is 2. The molecule has 0 radical (unpaired) electrons. The molecule has 0 aliphatic rings. The van der Waals surface area contributed by atoms with Crippen LogP contribution >= 0.6 is 0 Å². The molecule has 1 aromatic rings. The van der Waals surface area contributed by atoms with Crippen molar-refractivity contribution >= 4 is 18.0 Å². The SMILES string of the molecule is O=C(CCCCCCC(=O)N/N=C/c1ccccn1)NO. The van der Waals surface area contributed by atoms with Gasteiger partial charge >= 0.3 is 0 Å². The van der Waals surface area contributed by atoms with Crippen molar-refractivity contribution in [3.05, 3.63) is 30.1 Å². The number of hydrogen-bond acceptors (Lipinski definition) is 5. The van der Waals surface area contributed by atoms with Crippen molar-refractivity contribution in [2.24, 2.45) is 5.10 Å². The third-order valence-electron chi connectivity index (χ3n) is 2.76. The molecular weight excluding hydrogens is 272 g/mol. The summed E-state index contributed by atoms with van der Waals surface area (Å²) in [5, 5.41) is 12.1. The van der Waals surface area contributed by atoms with E-state index in [2.05, 4.69) is 15.5 Å². The molecule has 0 aliphatic carbocycles. The topological polar surface area (TPSA) is 104 Å². The molecule has 0 unspecified atom stereocenters. The van der Waals surface area contributed by atoms with Crippen LogP contribution in [-0.2, 0) is 9.59 Å². The Balaban J connectivity index is 2.04. The number of unbranched alkanes of at least 4 members (excludes halogenated alkanes) is 3. The summed E-state index contributed by atoms with van der Waals surface area (Å²) >= 11 is 0. The Labute approximate surface area is 123 Å². The Bertz CT molecular complexity index is 463. The van der Waals surface area contributed by atoms with Crippen LogP contribution in [0.1, 0.15) is 44.2 Å². The molecular formula is C14H20N4O3. The fraction of sp³-hybridized carbons (Fsp3) is 0.429. The van der Waals surface area contributed by atoms with Crippen LogP contribution in [0.4, 0.5) is 0 Å².